The molecule has 1 amide bonds. The van der Waals surface area contributed by atoms with Crippen LogP contribution in [0.15, 0.2) is 18.2 Å². The summed E-state index contributed by atoms with van der Waals surface area (Å²) in [6.07, 6.45) is -6.37. The summed E-state index contributed by atoms with van der Waals surface area (Å²) in [5.41, 5.74) is -2.02. The first-order valence-corrected chi connectivity index (χ1v) is 8.53. The maximum atomic E-state index is 13.5. The fraction of sp³-hybridized carbons (Fsp3) is 0.556. The number of rotatable bonds is 3. The first kappa shape index (κ1) is 21.8. The minimum Gasteiger partial charge on any atom is -0.490 e. The van der Waals surface area contributed by atoms with Gasteiger partial charge in [0.2, 0.25) is 0 Å². The summed E-state index contributed by atoms with van der Waals surface area (Å²) in [5.74, 6) is -2.77. The molecule has 1 saturated heterocycles. The van der Waals surface area contributed by atoms with E-state index in [0.717, 1.165) is 11.0 Å². The third-order valence-electron chi connectivity index (χ3n) is 3.97. The molecule has 1 heterocycles. The molecule has 2 rings (SSSR count). The number of alkyl halides is 3. The number of piperidine rings is 1. The zero-order chi connectivity index (χ0) is 21.3. The number of halogens is 4. The van der Waals surface area contributed by atoms with Gasteiger partial charge in [-0.25, -0.2) is 14.0 Å². The van der Waals surface area contributed by atoms with Gasteiger partial charge in [-0.2, -0.15) is 13.2 Å². The van der Waals surface area contributed by atoms with Gasteiger partial charge < -0.3 is 14.6 Å². The Morgan fingerprint density at radius 3 is 2.36 bits per heavy atom. The van der Waals surface area contributed by atoms with Crippen molar-refractivity contribution in [1.82, 2.24) is 4.90 Å². The van der Waals surface area contributed by atoms with Crippen molar-refractivity contribution >= 4 is 12.1 Å². The van der Waals surface area contributed by atoms with Crippen LogP contribution >= 0.6 is 0 Å². The smallest absolute Gasteiger partial charge is 0.416 e. The van der Waals surface area contributed by atoms with Crippen LogP contribution in [0.25, 0.3) is 0 Å². The van der Waals surface area contributed by atoms with Crippen LogP contribution in [0.2, 0.25) is 0 Å². The third kappa shape index (κ3) is 5.74. The van der Waals surface area contributed by atoms with E-state index < -0.39 is 47.4 Å². The molecule has 1 aliphatic rings. The van der Waals surface area contributed by atoms with Crippen LogP contribution in [-0.4, -0.2) is 46.4 Å². The van der Waals surface area contributed by atoms with Crippen LogP contribution in [0.4, 0.5) is 22.4 Å². The monoisotopic (exact) mass is 407 g/mol. The Morgan fingerprint density at radius 1 is 1.18 bits per heavy atom. The summed E-state index contributed by atoms with van der Waals surface area (Å²) in [5, 5.41) is 9.42. The summed E-state index contributed by atoms with van der Waals surface area (Å²) >= 11 is 0. The molecular weight excluding hydrogens is 386 g/mol. The zero-order valence-electron chi connectivity index (χ0n) is 15.5. The third-order valence-corrected chi connectivity index (χ3v) is 3.97. The number of benzene rings is 1. The predicted molar refractivity (Wildman–Crippen MR) is 89.4 cm³/mol. The van der Waals surface area contributed by atoms with Crippen LogP contribution in [0.3, 0.4) is 0 Å². The first-order valence-electron chi connectivity index (χ1n) is 8.53. The molecule has 28 heavy (non-hydrogen) atoms. The number of nitrogens with zero attached hydrogens (tertiary/aromatic N) is 1. The minimum absolute atomic E-state index is 0.0298. The SMILES string of the molecule is CC(C)(C)OC(=O)N1CCC(Oc2cc(F)cc(C(F)(F)F)c2)CC1C(=O)O. The van der Waals surface area contributed by atoms with E-state index in [0.29, 0.717) is 12.1 Å². The Labute approximate surface area is 159 Å². The van der Waals surface area contributed by atoms with Crippen molar-refractivity contribution in [3.05, 3.63) is 29.6 Å². The standard InChI is InChI=1S/C18H21F4NO5/c1-17(2,3)28-16(26)23-5-4-12(9-14(23)15(24)25)27-13-7-10(18(20,21)22)6-11(19)8-13/h6-8,12,14H,4-5,9H2,1-3H3,(H,24,25). The Bertz CT molecular complexity index is 744. The number of hydrogen-bond acceptors (Lipinski definition) is 4. The maximum Gasteiger partial charge on any atom is 0.416 e. The Hall–Kier alpha value is -2.52. The van der Waals surface area contributed by atoms with Gasteiger partial charge in [-0.15, -0.1) is 0 Å². The van der Waals surface area contributed by atoms with Gasteiger partial charge in [-0.1, -0.05) is 0 Å². The van der Waals surface area contributed by atoms with Crippen molar-refractivity contribution in [2.45, 2.75) is 57.5 Å². The van der Waals surface area contributed by atoms with Gasteiger partial charge in [0, 0.05) is 25.5 Å². The Morgan fingerprint density at radius 2 is 1.82 bits per heavy atom. The van der Waals surface area contributed by atoms with E-state index in [1.165, 1.54) is 0 Å². The average molecular weight is 407 g/mol. The van der Waals surface area contributed by atoms with Crippen molar-refractivity contribution in [1.29, 1.82) is 0 Å². The fourth-order valence-corrected chi connectivity index (χ4v) is 2.80. The lowest BCUT2D eigenvalue weighted by Crippen LogP contribution is -2.53. The number of aliphatic carboxylic acids is 1. The van der Waals surface area contributed by atoms with Crippen molar-refractivity contribution < 1.29 is 41.7 Å². The lowest BCUT2D eigenvalue weighted by molar-refractivity contribution is -0.145. The highest BCUT2D eigenvalue weighted by Gasteiger charge is 2.39. The molecule has 10 heteroatoms. The molecule has 1 aromatic rings. The molecule has 0 saturated carbocycles. The molecule has 1 N–H and O–H groups in total. The van der Waals surface area contributed by atoms with Crippen LogP contribution in [0.5, 0.6) is 5.75 Å². The van der Waals surface area contributed by atoms with Crippen LogP contribution in [0, 0.1) is 5.82 Å². The second kappa shape index (κ2) is 7.84. The summed E-state index contributed by atoms with van der Waals surface area (Å²) in [4.78, 5) is 24.8. The van der Waals surface area contributed by atoms with Gasteiger partial charge in [0.05, 0.1) is 5.56 Å². The molecule has 1 aromatic carbocycles. The number of carboxylic acids is 1. The normalized spacial score (nSPS) is 20.6. The molecule has 1 fully saturated rings. The fourth-order valence-electron chi connectivity index (χ4n) is 2.80. The summed E-state index contributed by atoms with van der Waals surface area (Å²) < 4.78 is 62.5. The molecule has 2 unspecified atom stereocenters. The van der Waals surface area contributed by atoms with Gasteiger partial charge >= 0.3 is 18.2 Å². The van der Waals surface area contributed by atoms with E-state index >= 15 is 0 Å². The average Bonchev–Trinajstić information content (AvgIpc) is 2.51. The van der Waals surface area contributed by atoms with E-state index in [1.54, 1.807) is 20.8 Å². The molecule has 156 valence electrons. The van der Waals surface area contributed by atoms with Gasteiger partial charge in [0.1, 0.15) is 29.3 Å². The van der Waals surface area contributed by atoms with E-state index in [1.807, 2.05) is 0 Å². The Kier molecular flexibility index (Phi) is 6.10. The van der Waals surface area contributed by atoms with Gasteiger partial charge in [-0.05, 0) is 32.9 Å². The number of ether oxygens (including phenoxy) is 2. The number of carbonyl (C=O) groups excluding carboxylic acids is 1. The topological polar surface area (TPSA) is 76.1 Å². The van der Waals surface area contributed by atoms with Crippen molar-refractivity contribution in [2.75, 3.05) is 6.54 Å². The number of carboxylic acid groups (broad SMARTS) is 1. The number of carbonyl (C=O) groups is 2. The highest BCUT2D eigenvalue weighted by atomic mass is 19.4. The maximum absolute atomic E-state index is 13.5. The van der Waals surface area contributed by atoms with E-state index in [-0.39, 0.29) is 25.1 Å². The van der Waals surface area contributed by atoms with E-state index in [9.17, 15) is 32.3 Å². The van der Waals surface area contributed by atoms with Crippen molar-refractivity contribution in [3.8, 4) is 5.75 Å². The largest absolute Gasteiger partial charge is 0.490 e. The molecule has 0 spiro atoms. The van der Waals surface area contributed by atoms with Crippen molar-refractivity contribution in [3.63, 3.8) is 0 Å². The second-order valence-electron chi connectivity index (χ2n) is 7.47. The molecule has 1 aliphatic heterocycles. The number of hydrogen-bond donors (Lipinski definition) is 1. The lowest BCUT2D eigenvalue weighted by atomic mass is 9.99. The van der Waals surface area contributed by atoms with Gasteiger partial charge in [0.25, 0.3) is 0 Å². The van der Waals surface area contributed by atoms with Crippen LogP contribution in [0.1, 0.15) is 39.2 Å². The molecular formula is C18H21F4NO5. The van der Waals surface area contributed by atoms with E-state index in [2.05, 4.69) is 0 Å². The second-order valence-corrected chi connectivity index (χ2v) is 7.47. The van der Waals surface area contributed by atoms with Crippen LogP contribution in [-0.2, 0) is 15.7 Å². The van der Waals surface area contributed by atoms with Gasteiger partial charge in [0.15, 0.2) is 0 Å². The Balaban J connectivity index is 2.14. The number of likely N-dealkylation sites (tertiary alicyclic amines) is 1. The lowest BCUT2D eigenvalue weighted by Gasteiger charge is -2.37. The van der Waals surface area contributed by atoms with Gasteiger partial charge in [-0.3, -0.25) is 4.90 Å². The quantitative estimate of drug-likeness (QED) is 0.765. The summed E-state index contributed by atoms with van der Waals surface area (Å²) in [7, 11) is 0. The first-order chi connectivity index (χ1) is 12.8. The molecule has 0 radical (unpaired) electrons. The number of amides is 1. The van der Waals surface area contributed by atoms with Crippen molar-refractivity contribution in [2.24, 2.45) is 0 Å². The molecule has 0 aromatic heterocycles. The molecule has 2 atom stereocenters. The highest BCUT2D eigenvalue weighted by Crippen LogP contribution is 2.33. The summed E-state index contributed by atoms with van der Waals surface area (Å²) in [6.45, 7) is 4.88. The van der Waals surface area contributed by atoms with E-state index in [4.69, 9.17) is 9.47 Å². The molecule has 0 aliphatic carbocycles. The molecule has 0 bridgehead atoms. The highest BCUT2D eigenvalue weighted by molar-refractivity contribution is 5.80. The predicted octanol–water partition coefficient (Wildman–Crippen LogP) is 4.08. The molecule has 6 nitrogen and oxygen atoms in total. The minimum atomic E-state index is -4.75. The summed E-state index contributed by atoms with van der Waals surface area (Å²) in [6, 6.07) is 0.520. The van der Waals surface area contributed by atoms with Crippen LogP contribution < -0.4 is 4.74 Å². The zero-order valence-corrected chi connectivity index (χ0v) is 15.5.